The number of benzene rings is 2. The van der Waals surface area contributed by atoms with Crippen molar-refractivity contribution in [3.05, 3.63) is 71.2 Å². The first kappa shape index (κ1) is 20.9. The summed E-state index contributed by atoms with van der Waals surface area (Å²) in [5, 5.41) is 7.34. The molecule has 0 aliphatic carbocycles. The van der Waals surface area contributed by atoms with Crippen LogP contribution >= 0.6 is 0 Å². The van der Waals surface area contributed by atoms with Crippen LogP contribution in [-0.4, -0.2) is 34.2 Å². The van der Waals surface area contributed by atoms with Crippen molar-refractivity contribution in [2.24, 2.45) is 4.99 Å². The third kappa shape index (κ3) is 6.05. The molecule has 0 saturated heterocycles. The molecule has 8 heteroatoms. The number of guanidine groups is 1. The van der Waals surface area contributed by atoms with Crippen LogP contribution in [0, 0.1) is 5.82 Å². The Balaban J connectivity index is 1.57. The highest BCUT2D eigenvalue weighted by atomic mass is 32.2. The molecular formula is C21H24FN3O3S. The van der Waals surface area contributed by atoms with E-state index in [0.29, 0.717) is 30.1 Å². The first-order valence-electron chi connectivity index (χ1n) is 9.21. The zero-order chi connectivity index (χ0) is 20.9. The standard InChI is InChI=1S/C21H24FN3O3S/c1-23-21(24-10-9-19-12-15-5-3-4-6-20(15)28-19)25-13-17-11-18(22)8-7-16(17)14-29(2,26)27/h3-8,11-12H,9-10,13-14H2,1-2H3,(H2,23,24,25). The van der Waals surface area contributed by atoms with E-state index in [4.69, 9.17) is 4.42 Å². The van der Waals surface area contributed by atoms with Gasteiger partial charge in [0.15, 0.2) is 15.8 Å². The molecule has 3 rings (SSSR count). The van der Waals surface area contributed by atoms with Gasteiger partial charge in [-0.2, -0.15) is 0 Å². The Morgan fingerprint density at radius 2 is 1.90 bits per heavy atom. The van der Waals surface area contributed by atoms with E-state index in [1.54, 1.807) is 7.05 Å². The van der Waals surface area contributed by atoms with Gasteiger partial charge in [0.25, 0.3) is 0 Å². The summed E-state index contributed by atoms with van der Waals surface area (Å²) in [5.74, 6) is 0.861. The second-order valence-electron chi connectivity index (χ2n) is 6.84. The molecule has 2 aromatic carbocycles. The van der Waals surface area contributed by atoms with Gasteiger partial charge in [-0.05, 0) is 35.4 Å². The topological polar surface area (TPSA) is 83.7 Å². The molecule has 0 unspecified atom stereocenters. The van der Waals surface area contributed by atoms with Gasteiger partial charge in [-0.1, -0.05) is 24.3 Å². The van der Waals surface area contributed by atoms with Crippen LogP contribution in [0.1, 0.15) is 16.9 Å². The van der Waals surface area contributed by atoms with Crippen LogP contribution in [0.25, 0.3) is 11.0 Å². The second-order valence-corrected chi connectivity index (χ2v) is 8.98. The summed E-state index contributed by atoms with van der Waals surface area (Å²) >= 11 is 0. The molecule has 3 aromatic rings. The largest absolute Gasteiger partial charge is 0.461 e. The highest BCUT2D eigenvalue weighted by Gasteiger charge is 2.11. The van der Waals surface area contributed by atoms with Crippen molar-refractivity contribution >= 4 is 26.8 Å². The van der Waals surface area contributed by atoms with Crippen LogP contribution in [0.3, 0.4) is 0 Å². The van der Waals surface area contributed by atoms with E-state index >= 15 is 0 Å². The van der Waals surface area contributed by atoms with E-state index in [0.717, 1.165) is 23.0 Å². The Hall–Kier alpha value is -2.87. The molecule has 2 N–H and O–H groups in total. The Kier molecular flexibility index (Phi) is 6.53. The van der Waals surface area contributed by atoms with Gasteiger partial charge in [-0.3, -0.25) is 4.99 Å². The molecule has 0 amide bonds. The lowest BCUT2D eigenvalue weighted by Gasteiger charge is -2.14. The fraction of sp³-hybridized carbons (Fsp3) is 0.286. The van der Waals surface area contributed by atoms with Crippen LogP contribution in [0.5, 0.6) is 0 Å². The SMILES string of the molecule is CN=C(NCCc1cc2ccccc2o1)NCc1cc(F)ccc1CS(C)(=O)=O. The number of nitrogens with one attached hydrogen (secondary N) is 2. The van der Waals surface area contributed by atoms with Crippen molar-refractivity contribution in [2.75, 3.05) is 19.8 Å². The van der Waals surface area contributed by atoms with Gasteiger partial charge in [0.2, 0.25) is 0 Å². The van der Waals surface area contributed by atoms with Gasteiger partial charge in [-0.25, -0.2) is 12.8 Å². The van der Waals surface area contributed by atoms with Crippen molar-refractivity contribution in [3.8, 4) is 0 Å². The van der Waals surface area contributed by atoms with Crippen molar-refractivity contribution in [3.63, 3.8) is 0 Å². The quantitative estimate of drug-likeness (QED) is 0.456. The number of aliphatic imine (C=N–C) groups is 1. The number of sulfone groups is 1. The Labute approximate surface area is 169 Å². The van der Waals surface area contributed by atoms with Gasteiger partial charge >= 0.3 is 0 Å². The fourth-order valence-electron chi connectivity index (χ4n) is 3.05. The van der Waals surface area contributed by atoms with Crippen LogP contribution in [0.15, 0.2) is 57.9 Å². The van der Waals surface area contributed by atoms with Crippen LogP contribution < -0.4 is 10.6 Å². The van der Waals surface area contributed by atoms with E-state index in [1.165, 1.54) is 18.2 Å². The predicted octanol–water partition coefficient (Wildman–Crippen LogP) is 3.02. The lowest BCUT2D eigenvalue weighted by molar-refractivity contribution is 0.544. The number of hydrogen-bond acceptors (Lipinski definition) is 4. The van der Waals surface area contributed by atoms with E-state index in [-0.39, 0.29) is 12.3 Å². The van der Waals surface area contributed by atoms with E-state index in [2.05, 4.69) is 15.6 Å². The van der Waals surface area contributed by atoms with E-state index in [1.807, 2.05) is 30.3 Å². The van der Waals surface area contributed by atoms with Crippen LogP contribution in [0.4, 0.5) is 4.39 Å². The number of rotatable bonds is 7. The Morgan fingerprint density at radius 3 is 2.62 bits per heavy atom. The molecule has 0 radical (unpaired) electrons. The summed E-state index contributed by atoms with van der Waals surface area (Å²) in [6.45, 7) is 0.853. The number of para-hydroxylation sites is 1. The van der Waals surface area contributed by atoms with E-state index in [9.17, 15) is 12.8 Å². The third-order valence-corrected chi connectivity index (χ3v) is 5.23. The van der Waals surface area contributed by atoms with E-state index < -0.39 is 15.7 Å². The highest BCUT2D eigenvalue weighted by Crippen LogP contribution is 2.19. The molecule has 154 valence electrons. The third-order valence-electron chi connectivity index (χ3n) is 4.40. The minimum absolute atomic E-state index is 0.137. The molecule has 1 heterocycles. The predicted molar refractivity (Wildman–Crippen MR) is 113 cm³/mol. The normalized spacial score (nSPS) is 12.3. The highest BCUT2D eigenvalue weighted by molar-refractivity contribution is 7.89. The lowest BCUT2D eigenvalue weighted by Crippen LogP contribution is -2.38. The zero-order valence-corrected chi connectivity index (χ0v) is 17.2. The number of nitrogens with zero attached hydrogens (tertiary/aromatic N) is 1. The molecule has 0 saturated carbocycles. The summed E-state index contributed by atoms with van der Waals surface area (Å²) < 4.78 is 42.6. The molecule has 0 atom stereocenters. The van der Waals surface area contributed by atoms with Gasteiger partial charge in [0, 0.05) is 38.2 Å². The molecule has 0 bridgehead atoms. The monoisotopic (exact) mass is 417 g/mol. The minimum atomic E-state index is -3.22. The molecule has 0 spiro atoms. The van der Waals surface area contributed by atoms with Gasteiger partial charge in [0.1, 0.15) is 17.2 Å². The molecule has 0 aliphatic rings. The molecule has 0 aliphatic heterocycles. The van der Waals surface area contributed by atoms with Crippen LogP contribution in [-0.2, 0) is 28.6 Å². The lowest BCUT2D eigenvalue weighted by atomic mass is 10.1. The molecule has 1 aromatic heterocycles. The van der Waals surface area contributed by atoms with Gasteiger partial charge < -0.3 is 15.1 Å². The number of halogens is 1. The minimum Gasteiger partial charge on any atom is -0.461 e. The Morgan fingerprint density at radius 1 is 1.10 bits per heavy atom. The second kappa shape index (κ2) is 9.09. The summed E-state index contributed by atoms with van der Waals surface area (Å²) in [4.78, 5) is 4.16. The number of fused-ring (bicyclic) bond motifs is 1. The maximum Gasteiger partial charge on any atom is 0.191 e. The maximum absolute atomic E-state index is 13.6. The Bertz CT molecular complexity index is 1090. The van der Waals surface area contributed by atoms with Gasteiger partial charge in [0.05, 0.1) is 5.75 Å². The zero-order valence-electron chi connectivity index (χ0n) is 16.4. The number of furan rings is 1. The molecule has 29 heavy (non-hydrogen) atoms. The summed E-state index contributed by atoms with van der Waals surface area (Å²) in [6.07, 6.45) is 1.83. The fourth-order valence-corrected chi connectivity index (χ4v) is 3.89. The molecule has 0 fully saturated rings. The average Bonchev–Trinajstić information content (AvgIpc) is 3.08. The average molecular weight is 418 g/mol. The first-order valence-corrected chi connectivity index (χ1v) is 11.3. The van der Waals surface area contributed by atoms with Crippen molar-refractivity contribution < 1.29 is 17.2 Å². The van der Waals surface area contributed by atoms with Crippen LogP contribution in [0.2, 0.25) is 0 Å². The molecular weight excluding hydrogens is 393 g/mol. The number of hydrogen-bond donors (Lipinski definition) is 2. The van der Waals surface area contributed by atoms with Crippen molar-refractivity contribution in [1.82, 2.24) is 10.6 Å². The first-order chi connectivity index (χ1) is 13.8. The smallest absolute Gasteiger partial charge is 0.191 e. The summed E-state index contributed by atoms with van der Waals surface area (Å²) in [7, 11) is -1.58. The maximum atomic E-state index is 13.6. The summed E-state index contributed by atoms with van der Waals surface area (Å²) in [6, 6.07) is 14.0. The van der Waals surface area contributed by atoms with Gasteiger partial charge in [-0.15, -0.1) is 0 Å². The van der Waals surface area contributed by atoms with Crippen molar-refractivity contribution in [2.45, 2.75) is 18.7 Å². The molecule has 6 nitrogen and oxygen atoms in total. The van der Waals surface area contributed by atoms with Crippen molar-refractivity contribution in [1.29, 1.82) is 0 Å². The summed E-state index contributed by atoms with van der Waals surface area (Å²) in [5.41, 5.74) is 2.00.